The summed E-state index contributed by atoms with van der Waals surface area (Å²) in [5.74, 6) is 0.787. The second-order valence-electron chi connectivity index (χ2n) is 5.06. The van der Waals surface area contributed by atoms with Crippen molar-refractivity contribution in [1.29, 1.82) is 0 Å². The molecule has 0 aromatic carbocycles. The van der Waals surface area contributed by atoms with E-state index in [2.05, 4.69) is 14.9 Å². The normalized spacial score (nSPS) is 19.1. The zero-order chi connectivity index (χ0) is 13.8. The molecular weight excluding hydrogens is 250 g/mol. The Morgan fingerprint density at radius 1 is 1.15 bits per heavy atom. The number of hydrogen-bond donors (Lipinski definition) is 1. The van der Waals surface area contributed by atoms with Gasteiger partial charge in [0, 0.05) is 43.3 Å². The van der Waals surface area contributed by atoms with Crippen LogP contribution in [0.15, 0.2) is 36.8 Å². The van der Waals surface area contributed by atoms with E-state index in [1.807, 2.05) is 24.4 Å². The fourth-order valence-corrected chi connectivity index (χ4v) is 2.68. The number of anilines is 1. The lowest BCUT2D eigenvalue weighted by molar-refractivity contribution is 0.458. The molecule has 0 saturated carbocycles. The third-order valence-corrected chi connectivity index (χ3v) is 3.78. The second-order valence-corrected chi connectivity index (χ2v) is 5.06. The van der Waals surface area contributed by atoms with Crippen LogP contribution in [0.3, 0.4) is 0 Å². The SMILES string of the molecule is NCC1CCCCN1c1nccc(-c2ccncc2)n1. The molecule has 3 rings (SSSR count). The minimum absolute atomic E-state index is 0.358. The van der Waals surface area contributed by atoms with Gasteiger partial charge in [-0.05, 0) is 37.5 Å². The molecule has 0 amide bonds. The van der Waals surface area contributed by atoms with Crippen LogP contribution in [0.5, 0.6) is 0 Å². The van der Waals surface area contributed by atoms with Gasteiger partial charge in [-0.1, -0.05) is 0 Å². The van der Waals surface area contributed by atoms with Crippen LogP contribution in [0.2, 0.25) is 0 Å². The Labute approximate surface area is 118 Å². The number of rotatable bonds is 3. The largest absolute Gasteiger partial charge is 0.337 e. The van der Waals surface area contributed by atoms with Crippen molar-refractivity contribution in [2.45, 2.75) is 25.3 Å². The van der Waals surface area contributed by atoms with Crippen molar-refractivity contribution in [3.63, 3.8) is 0 Å². The molecule has 1 atom stereocenters. The summed E-state index contributed by atoms with van der Waals surface area (Å²) in [6, 6.07) is 6.21. The van der Waals surface area contributed by atoms with E-state index < -0.39 is 0 Å². The maximum Gasteiger partial charge on any atom is 0.226 e. The van der Waals surface area contributed by atoms with E-state index in [4.69, 9.17) is 10.7 Å². The van der Waals surface area contributed by atoms with Crippen LogP contribution in [0, 0.1) is 0 Å². The van der Waals surface area contributed by atoms with E-state index in [1.165, 1.54) is 12.8 Å². The average Bonchev–Trinajstić information content (AvgIpc) is 2.56. The van der Waals surface area contributed by atoms with Gasteiger partial charge in [0.25, 0.3) is 0 Å². The van der Waals surface area contributed by atoms with Gasteiger partial charge < -0.3 is 10.6 Å². The summed E-state index contributed by atoms with van der Waals surface area (Å²) >= 11 is 0. The van der Waals surface area contributed by atoms with Gasteiger partial charge in [0.15, 0.2) is 0 Å². The fraction of sp³-hybridized carbons (Fsp3) is 0.400. The van der Waals surface area contributed by atoms with Gasteiger partial charge >= 0.3 is 0 Å². The number of nitrogens with two attached hydrogens (primary N) is 1. The lowest BCUT2D eigenvalue weighted by atomic mass is 10.0. The quantitative estimate of drug-likeness (QED) is 0.921. The molecule has 3 heterocycles. The van der Waals surface area contributed by atoms with Crippen LogP contribution in [0.4, 0.5) is 5.95 Å². The van der Waals surface area contributed by atoms with Gasteiger partial charge in [0.05, 0.1) is 5.69 Å². The highest BCUT2D eigenvalue weighted by molar-refractivity contribution is 5.59. The van der Waals surface area contributed by atoms with E-state index in [0.29, 0.717) is 12.6 Å². The Kier molecular flexibility index (Phi) is 3.87. The maximum absolute atomic E-state index is 5.87. The summed E-state index contributed by atoms with van der Waals surface area (Å²) in [6.07, 6.45) is 8.92. The van der Waals surface area contributed by atoms with Crippen molar-refractivity contribution >= 4 is 5.95 Å². The van der Waals surface area contributed by atoms with Crippen molar-refractivity contribution in [3.8, 4) is 11.3 Å². The van der Waals surface area contributed by atoms with Crippen LogP contribution in [0.25, 0.3) is 11.3 Å². The van der Waals surface area contributed by atoms with Gasteiger partial charge in [-0.3, -0.25) is 4.98 Å². The molecule has 0 spiro atoms. The first-order valence-electron chi connectivity index (χ1n) is 7.08. The molecule has 2 N–H and O–H groups in total. The molecule has 1 aliphatic rings. The first-order valence-corrected chi connectivity index (χ1v) is 7.08. The minimum atomic E-state index is 0.358. The molecule has 20 heavy (non-hydrogen) atoms. The van der Waals surface area contributed by atoms with Gasteiger partial charge in [-0.15, -0.1) is 0 Å². The highest BCUT2D eigenvalue weighted by Crippen LogP contribution is 2.23. The molecular formula is C15H19N5. The molecule has 1 fully saturated rings. The predicted octanol–water partition coefficient (Wildman–Crippen LogP) is 1.86. The molecule has 104 valence electrons. The summed E-state index contributed by atoms with van der Waals surface area (Å²) in [6.45, 7) is 1.64. The minimum Gasteiger partial charge on any atom is -0.337 e. The van der Waals surface area contributed by atoms with Gasteiger partial charge in [-0.25, -0.2) is 9.97 Å². The third kappa shape index (κ3) is 2.63. The van der Waals surface area contributed by atoms with Crippen molar-refractivity contribution in [1.82, 2.24) is 15.0 Å². The van der Waals surface area contributed by atoms with Crippen LogP contribution in [-0.2, 0) is 0 Å². The number of nitrogens with zero attached hydrogens (tertiary/aromatic N) is 4. The number of piperidine rings is 1. The Bertz CT molecular complexity index is 557. The van der Waals surface area contributed by atoms with Crippen molar-refractivity contribution in [3.05, 3.63) is 36.8 Å². The molecule has 1 aliphatic heterocycles. The molecule has 0 radical (unpaired) electrons. The zero-order valence-corrected chi connectivity index (χ0v) is 11.4. The summed E-state index contributed by atoms with van der Waals surface area (Å²) in [7, 11) is 0. The third-order valence-electron chi connectivity index (χ3n) is 3.78. The highest BCUT2D eigenvalue weighted by Gasteiger charge is 2.23. The molecule has 1 unspecified atom stereocenters. The summed E-state index contributed by atoms with van der Waals surface area (Å²) < 4.78 is 0. The fourth-order valence-electron chi connectivity index (χ4n) is 2.68. The molecule has 2 aromatic heterocycles. The monoisotopic (exact) mass is 269 g/mol. The van der Waals surface area contributed by atoms with Crippen molar-refractivity contribution in [2.24, 2.45) is 5.73 Å². The molecule has 5 heteroatoms. The number of hydrogen-bond acceptors (Lipinski definition) is 5. The number of pyridine rings is 1. The summed E-state index contributed by atoms with van der Waals surface area (Å²) in [5, 5.41) is 0. The molecule has 0 bridgehead atoms. The molecule has 0 aliphatic carbocycles. The van der Waals surface area contributed by atoms with E-state index in [9.17, 15) is 0 Å². The topological polar surface area (TPSA) is 67.9 Å². The Balaban J connectivity index is 1.91. The first kappa shape index (κ1) is 13.0. The average molecular weight is 269 g/mol. The van der Waals surface area contributed by atoms with Crippen LogP contribution in [0.1, 0.15) is 19.3 Å². The van der Waals surface area contributed by atoms with Crippen LogP contribution in [-0.4, -0.2) is 34.1 Å². The summed E-state index contributed by atoms with van der Waals surface area (Å²) in [5.41, 5.74) is 7.86. The van der Waals surface area contributed by atoms with E-state index in [-0.39, 0.29) is 0 Å². The Morgan fingerprint density at radius 3 is 2.80 bits per heavy atom. The van der Waals surface area contributed by atoms with E-state index in [1.54, 1.807) is 12.4 Å². The van der Waals surface area contributed by atoms with Crippen molar-refractivity contribution < 1.29 is 0 Å². The highest BCUT2D eigenvalue weighted by atomic mass is 15.3. The van der Waals surface area contributed by atoms with Crippen LogP contribution < -0.4 is 10.6 Å². The predicted molar refractivity (Wildman–Crippen MR) is 79.3 cm³/mol. The van der Waals surface area contributed by atoms with E-state index in [0.717, 1.165) is 30.2 Å². The lowest BCUT2D eigenvalue weighted by Crippen LogP contribution is -2.45. The van der Waals surface area contributed by atoms with Gasteiger partial charge in [-0.2, -0.15) is 0 Å². The second kappa shape index (κ2) is 5.96. The lowest BCUT2D eigenvalue weighted by Gasteiger charge is -2.35. The standard InChI is InChI=1S/C15H19N5/c16-11-13-3-1-2-10-20(13)15-18-9-6-14(19-15)12-4-7-17-8-5-12/h4-9,13H,1-3,10-11,16H2. The van der Waals surface area contributed by atoms with E-state index >= 15 is 0 Å². The van der Waals surface area contributed by atoms with Gasteiger partial charge in [0.2, 0.25) is 5.95 Å². The van der Waals surface area contributed by atoms with Crippen molar-refractivity contribution in [2.75, 3.05) is 18.0 Å². The Morgan fingerprint density at radius 2 is 2.00 bits per heavy atom. The maximum atomic E-state index is 5.87. The molecule has 2 aromatic rings. The number of aromatic nitrogens is 3. The molecule has 1 saturated heterocycles. The Hall–Kier alpha value is -2.01. The molecule has 5 nitrogen and oxygen atoms in total. The smallest absolute Gasteiger partial charge is 0.226 e. The summed E-state index contributed by atoms with van der Waals surface area (Å²) in [4.78, 5) is 15.4. The van der Waals surface area contributed by atoms with Gasteiger partial charge in [0.1, 0.15) is 0 Å². The zero-order valence-electron chi connectivity index (χ0n) is 11.4. The first-order chi connectivity index (χ1) is 9.88. The van der Waals surface area contributed by atoms with Crippen LogP contribution >= 0.6 is 0 Å².